The summed E-state index contributed by atoms with van der Waals surface area (Å²) < 4.78 is 26.5. The molecule has 1 fully saturated rings. The van der Waals surface area contributed by atoms with Crippen LogP contribution < -0.4 is 0 Å². The number of likely N-dealkylation sites (tertiary alicyclic amines) is 1. The molecule has 1 aliphatic rings. The summed E-state index contributed by atoms with van der Waals surface area (Å²) in [6.45, 7) is 9.01. The van der Waals surface area contributed by atoms with Crippen molar-refractivity contribution in [1.82, 2.24) is 15.1 Å². The second-order valence-electron chi connectivity index (χ2n) is 10.1. The lowest BCUT2D eigenvalue weighted by Crippen LogP contribution is -2.48. The van der Waals surface area contributed by atoms with Crippen LogP contribution in [-0.4, -0.2) is 46.5 Å². The van der Waals surface area contributed by atoms with Crippen LogP contribution in [0.15, 0.2) is 41.0 Å². The molecule has 1 atom stereocenters. The van der Waals surface area contributed by atoms with Crippen molar-refractivity contribution in [2.45, 2.75) is 57.7 Å². The van der Waals surface area contributed by atoms with Gasteiger partial charge in [0.2, 0.25) is 0 Å². The molecule has 1 amide bonds. The van der Waals surface area contributed by atoms with Gasteiger partial charge in [-0.15, -0.1) is 0 Å². The highest BCUT2D eigenvalue weighted by Gasteiger charge is 2.39. The summed E-state index contributed by atoms with van der Waals surface area (Å²) in [6.07, 6.45) is 0.741. The monoisotopic (exact) mass is 565 g/mol. The largest absolute Gasteiger partial charge is 0.444 e. The molecule has 0 saturated carbocycles. The summed E-state index contributed by atoms with van der Waals surface area (Å²) >= 11 is 9.85. The minimum atomic E-state index is -0.551. The Bertz CT molecular complexity index is 1200. The van der Waals surface area contributed by atoms with Crippen LogP contribution in [0.25, 0.3) is 10.9 Å². The van der Waals surface area contributed by atoms with E-state index in [0.717, 1.165) is 26.6 Å². The molecule has 2 heterocycles. The van der Waals surface area contributed by atoms with Gasteiger partial charge in [0.15, 0.2) is 0 Å². The number of aromatic nitrogens is 2. The van der Waals surface area contributed by atoms with E-state index in [9.17, 15) is 9.18 Å². The Morgan fingerprint density at radius 2 is 1.91 bits per heavy atom. The molecule has 1 aromatic heterocycles. The lowest BCUT2D eigenvalue weighted by Gasteiger charge is -2.42. The zero-order valence-electron chi connectivity index (χ0n) is 20.3. The third kappa shape index (κ3) is 5.81. The Kier molecular flexibility index (Phi) is 7.46. The van der Waals surface area contributed by atoms with Crippen molar-refractivity contribution < 1.29 is 18.7 Å². The maximum Gasteiger partial charge on any atom is 0.410 e. The maximum absolute atomic E-state index is 13.7. The fraction of sp³-hybridized carbons (Fsp3) is 0.462. The van der Waals surface area contributed by atoms with Crippen LogP contribution in [-0.2, 0) is 14.9 Å². The highest BCUT2D eigenvalue weighted by atomic mass is 79.9. The second-order valence-corrected chi connectivity index (χ2v) is 11.4. The van der Waals surface area contributed by atoms with Crippen molar-refractivity contribution in [3.05, 3.63) is 63.0 Å². The average Bonchev–Trinajstić information content (AvgIpc) is 3.17. The average molecular weight is 567 g/mol. The summed E-state index contributed by atoms with van der Waals surface area (Å²) in [6, 6.07) is 10.3. The lowest BCUT2D eigenvalue weighted by atomic mass is 9.73. The van der Waals surface area contributed by atoms with Gasteiger partial charge < -0.3 is 14.4 Å². The molecular formula is C26H30BrClFN3O3. The summed E-state index contributed by atoms with van der Waals surface area (Å²) in [4.78, 5) is 14.3. The van der Waals surface area contributed by atoms with E-state index < -0.39 is 5.60 Å². The van der Waals surface area contributed by atoms with E-state index in [2.05, 4.69) is 26.1 Å². The normalized spacial score (nSPS) is 16.9. The van der Waals surface area contributed by atoms with Crippen molar-refractivity contribution >= 4 is 44.5 Å². The molecule has 0 radical (unpaired) electrons. The number of halogens is 3. The Labute approximate surface area is 218 Å². The quantitative estimate of drug-likeness (QED) is 0.356. The van der Waals surface area contributed by atoms with Crippen LogP contribution >= 0.6 is 27.5 Å². The van der Waals surface area contributed by atoms with E-state index in [0.29, 0.717) is 37.6 Å². The number of piperidine rings is 1. The van der Waals surface area contributed by atoms with Crippen LogP contribution in [0.3, 0.4) is 0 Å². The van der Waals surface area contributed by atoms with Gasteiger partial charge in [-0.1, -0.05) is 23.7 Å². The fourth-order valence-corrected chi connectivity index (χ4v) is 5.14. The molecule has 188 valence electrons. The number of benzene rings is 2. The van der Waals surface area contributed by atoms with Gasteiger partial charge in [0.1, 0.15) is 16.0 Å². The van der Waals surface area contributed by atoms with Crippen LogP contribution in [0.5, 0.6) is 0 Å². The van der Waals surface area contributed by atoms with E-state index >= 15 is 0 Å². The van der Waals surface area contributed by atoms with Crippen LogP contribution in [0, 0.1) is 5.82 Å². The highest BCUT2D eigenvalue weighted by molar-refractivity contribution is 9.10. The van der Waals surface area contributed by atoms with E-state index in [-0.39, 0.29) is 23.4 Å². The van der Waals surface area contributed by atoms with Crippen molar-refractivity contribution in [3.8, 4) is 0 Å². The summed E-state index contributed by atoms with van der Waals surface area (Å²) in [5, 5.41) is 8.84. The van der Waals surface area contributed by atoms with Crippen molar-refractivity contribution in [2.75, 3.05) is 19.7 Å². The van der Waals surface area contributed by atoms with Crippen molar-refractivity contribution in [2.24, 2.45) is 0 Å². The molecule has 1 aliphatic heterocycles. The Morgan fingerprint density at radius 3 is 2.54 bits per heavy atom. The third-order valence-corrected chi connectivity index (χ3v) is 7.31. The molecule has 3 aromatic rings. The zero-order valence-corrected chi connectivity index (χ0v) is 22.7. The number of ether oxygens (including phenoxy) is 2. The van der Waals surface area contributed by atoms with Gasteiger partial charge in [-0.25, -0.2) is 9.18 Å². The number of hydrogen-bond donors (Lipinski definition) is 1. The maximum atomic E-state index is 13.7. The summed E-state index contributed by atoms with van der Waals surface area (Å²) in [5.41, 5.74) is 1.75. The number of H-pyrrole nitrogens is 1. The molecule has 35 heavy (non-hydrogen) atoms. The van der Waals surface area contributed by atoms with Gasteiger partial charge in [-0.2, -0.15) is 5.10 Å². The van der Waals surface area contributed by atoms with E-state index in [1.54, 1.807) is 4.90 Å². The van der Waals surface area contributed by atoms with E-state index in [1.807, 2.05) is 52.0 Å². The Hall–Kier alpha value is -2.16. The van der Waals surface area contributed by atoms with Gasteiger partial charge in [0.05, 0.1) is 18.2 Å². The fourth-order valence-electron chi connectivity index (χ4n) is 4.53. The number of carbonyl (C=O) groups excluding carboxylic acids is 1. The topological polar surface area (TPSA) is 67.4 Å². The second kappa shape index (κ2) is 10.1. The first kappa shape index (κ1) is 25.9. The van der Waals surface area contributed by atoms with Gasteiger partial charge >= 0.3 is 6.09 Å². The van der Waals surface area contributed by atoms with Crippen molar-refractivity contribution in [3.63, 3.8) is 0 Å². The van der Waals surface area contributed by atoms with Gasteiger partial charge in [-0.05, 0) is 86.3 Å². The van der Waals surface area contributed by atoms with Gasteiger partial charge in [0.25, 0.3) is 0 Å². The molecule has 9 heteroatoms. The van der Waals surface area contributed by atoms with E-state index in [1.165, 1.54) is 12.1 Å². The number of nitrogens with one attached hydrogen (secondary N) is 1. The number of carbonyl (C=O) groups is 1. The van der Waals surface area contributed by atoms with Gasteiger partial charge in [0, 0.05) is 34.5 Å². The molecule has 0 aliphatic carbocycles. The number of hydrogen-bond acceptors (Lipinski definition) is 4. The van der Waals surface area contributed by atoms with Crippen molar-refractivity contribution in [1.29, 1.82) is 0 Å². The highest BCUT2D eigenvalue weighted by Crippen LogP contribution is 2.39. The van der Waals surface area contributed by atoms with E-state index in [4.69, 9.17) is 21.1 Å². The third-order valence-electron chi connectivity index (χ3n) is 6.48. The number of rotatable bonds is 5. The molecule has 6 nitrogen and oxygen atoms in total. The van der Waals surface area contributed by atoms with Crippen LogP contribution in [0.1, 0.15) is 57.8 Å². The van der Waals surface area contributed by atoms with Crippen LogP contribution in [0.4, 0.5) is 9.18 Å². The number of nitrogens with zero attached hydrogens (tertiary/aromatic N) is 2. The zero-order chi connectivity index (χ0) is 25.4. The number of fused-ring (bicyclic) bond motifs is 1. The first-order valence-corrected chi connectivity index (χ1v) is 12.8. The minimum Gasteiger partial charge on any atom is -0.444 e. The SMILES string of the molecule is C[C@@H](OCC1(c2ccc(F)cc2)CCN(C(=O)OC(C)(C)C)CC1)c1cc(Cl)cc2c(Br)[nH]nc12. The first-order valence-electron chi connectivity index (χ1n) is 11.7. The molecule has 0 bridgehead atoms. The predicted molar refractivity (Wildman–Crippen MR) is 138 cm³/mol. The first-order chi connectivity index (χ1) is 16.5. The molecule has 1 saturated heterocycles. The summed E-state index contributed by atoms with van der Waals surface area (Å²) in [7, 11) is 0. The van der Waals surface area contributed by atoms with Gasteiger partial charge in [-0.3, -0.25) is 5.10 Å². The molecule has 2 aromatic carbocycles. The minimum absolute atomic E-state index is 0.283. The smallest absolute Gasteiger partial charge is 0.410 e. The number of aromatic amines is 1. The molecule has 0 spiro atoms. The Balaban J connectivity index is 1.55. The Morgan fingerprint density at radius 1 is 1.26 bits per heavy atom. The molecule has 4 rings (SSSR count). The lowest BCUT2D eigenvalue weighted by molar-refractivity contribution is -0.00933. The summed E-state index contributed by atoms with van der Waals surface area (Å²) in [5.74, 6) is -0.283. The molecule has 1 N–H and O–H groups in total. The molecular weight excluding hydrogens is 537 g/mol. The standard InChI is InChI=1S/C26H30BrClFN3O3/c1-16(20-13-18(28)14-21-22(20)30-31-23(21)27)34-15-26(17-5-7-19(29)8-6-17)9-11-32(12-10-26)24(33)35-25(2,3)4/h5-8,13-14,16H,9-12,15H2,1-4H3,(H,30,31)/t16-/m1/s1. The predicted octanol–water partition coefficient (Wildman–Crippen LogP) is 7.16. The van der Waals surface area contributed by atoms with Crippen LogP contribution in [0.2, 0.25) is 5.02 Å². The number of amides is 1. The molecule has 0 unspecified atom stereocenters.